The Bertz CT molecular complexity index is 696. The molecule has 1 heterocycles. The Balaban J connectivity index is 1.54. The average molecular weight is 384 g/mol. The molecule has 3 rings (SSSR count). The minimum absolute atomic E-state index is 0.0207. The smallest absolute Gasteiger partial charge is 0.279 e. The van der Waals surface area contributed by atoms with E-state index in [4.69, 9.17) is 14.2 Å². The Morgan fingerprint density at radius 2 is 1.65 bits per heavy atom. The normalized spacial score (nSPS) is 24.4. The van der Waals surface area contributed by atoms with Gasteiger partial charge in [0.2, 0.25) is 5.75 Å². The van der Waals surface area contributed by atoms with Crippen LogP contribution < -0.4 is 18.9 Å². The molecule has 1 N–H and O–H groups in total. The van der Waals surface area contributed by atoms with Crippen molar-refractivity contribution in [2.75, 3.05) is 27.3 Å². The quantitative estimate of drug-likeness (QED) is 0.781. The number of hydrogen-bond acceptors (Lipinski definition) is 5. The van der Waals surface area contributed by atoms with Crippen LogP contribution in [0.15, 0.2) is 18.2 Å². The lowest BCUT2D eigenvalue weighted by molar-refractivity contribution is 0.138. The summed E-state index contributed by atoms with van der Waals surface area (Å²) in [6.07, 6.45) is 5.08. The van der Waals surface area contributed by atoms with Crippen LogP contribution in [-0.2, 0) is 10.2 Å². The van der Waals surface area contributed by atoms with E-state index in [0.717, 1.165) is 38.5 Å². The van der Waals surface area contributed by atoms with E-state index in [0.29, 0.717) is 30.3 Å². The molecule has 146 valence electrons. The highest BCUT2D eigenvalue weighted by Crippen LogP contribution is 2.38. The number of benzene rings is 1. The summed E-state index contributed by atoms with van der Waals surface area (Å²) < 4.78 is 46.0. The highest BCUT2D eigenvalue weighted by Gasteiger charge is 2.31. The second kappa shape index (κ2) is 8.45. The summed E-state index contributed by atoms with van der Waals surface area (Å²) >= 11 is 0. The van der Waals surface area contributed by atoms with Gasteiger partial charge in [-0.2, -0.15) is 17.4 Å². The van der Waals surface area contributed by atoms with E-state index >= 15 is 0 Å². The van der Waals surface area contributed by atoms with Gasteiger partial charge in [-0.1, -0.05) is 6.07 Å². The topological polar surface area (TPSA) is 77.1 Å². The van der Waals surface area contributed by atoms with Gasteiger partial charge in [-0.25, -0.2) is 0 Å². The zero-order chi connectivity index (χ0) is 18.6. The molecule has 0 aromatic heterocycles. The van der Waals surface area contributed by atoms with Crippen LogP contribution in [0.3, 0.4) is 0 Å². The summed E-state index contributed by atoms with van der Waals surface area (Å²) in [5, 5.41) is 0. The maximum absolute atomic E-state index is 12.4. The fraction of sp³-hybridized carbons (Fsp3) is 0.667. The number of para-hydroxylation sites is 1. The number of methoxy groups -OCH3 is 2. The first kappa shape index (κ1) is 19.3. The molecule has 8 heteroatoms. The minimum atomic E-state index is -3.35. The predicted molar refractivity (Wildman–Crippen MR) is 99.1 cm³/mol. The number of hydrogen-bond donors (Lipinski definition) is 1. The van der Waals surface area contributed by atoms with Gasteiger partial charge >= 0.3 is 0 Å². The van der Waals surface area contributed by atoms with Gasteiger partial charge in [0.25, 0.3) is 10.2 Å². The number of nitrogens with zero attached hydrogens (tertiary/aromatic N) is 1. The van der Waals surface area contributed by atoms with Crippen molar-refractivity contribution in [2.24, 2.45) is 0 Å². The molecule has 1 saturated carbocycles. The molecule has 0 atom stereocenters. The lowest BCUT2D eigenvalue weighted by Gasteiger charge is -2.31. The maximum atomic E-state index is 12.4. The lowest BCUT2D eigenvalue weighted by atomic mass is 9.93. The van der Waals surface area contributed by atoms with Gasteiger partial charge in [-0.3, -0.25) is 0 Å². The van der Waals surface area contributed by atoms with Crippen LogP contribution in [0.2, 0.25) is 0 Å². The molecular formula is C18H28N2O5S. The van der Waals surface area contributed by atoms with E-state index in [2.05, 4.69) is 4.72 Å². The van der Waals surface area contributed by atoms with Crippen molar-refractivity contribution in [3.05, 3.63) is 18.2 Å². The number of ether oxygens (including phenoxy) is 3. The summed E-state index contributed by atoms with van der Waals surface area (Å²) in [4.78, 5) is 0. The lowest BCUT2D eigenvalue weighted by Crippen LogP contribution is -2.46. The van der Waals surface area contributed by atoms with Crippen molar-refractivity contribution in [2.45, 2.75) is 50.7 Å². The predicted octanol–water partition coefficient (Wildman–Crippen LogP) is 2.32. The first-order chi connectivity index (χ1) is 12.5. The highest BCUT2D eigenvalue weighted by atomic mass is 32.2. The van der Waals surface area contributed by atoms with Crippen molar-refractivity contribution < 1.29 is 22.6 Å². The Hall–Kier alpha value is -1.51. The standard InChI is InChI=1S/C18H28N2O5S/c1-23-16-6-5-7-17(18(16)24-2)25-15-10-8-14(9-11-15)19-26(21,22)20-12-3-4-13-20/h5-7,14-15,19H,3-4,8-13H2,1-2H3. The molecule has 0 unspecified atom stereocenters. The van der Waals surface area contributed by atoms with Crippen molar-refractivity contribution in [1.82, 2.24) is 9.03 Å². The van der Waals surface area contributed by atoms with E-state index in [1.165, 1.54) is 0 Å². The number of rotatable bonds is 7. The van der Waals surface area contributed by atoms with E-state index < -0.39 is 10.2 Å². The first-order valence-corrected chi connectivity index (χ1v) is 10.6. The van der Waals surface area contributed by atoms with Gasteiger partial charge in [0, 0.05) is 19.1 Å². The van der Waals surface area contributed by atoms with E-state index in [-0.39, 0.29) is 12.1 Å². The van der Waals surface area contributed by atoms with Crippen LogP contribution >= 0.6 is 0 Å². The second-order valence-electron chi connectivity index (χ2n) is 6.81. The van der Waals surface area contributed by atoms with Crippen LogP contribution in [0.25, 0.3) is 0 Å². The molecule has 1 saturated heterocycles. The van der Waals surface area contributed by atoms with Gasteiger partial charge in [-0.15, -0.1) is 0 Å². The molecule has 1 aromatic carbocycles. The molecule has 0 spiro atoms. The zero-order valence-corrected chi connectivity index (χ0v) is 16.3. The van der Waals surface area contributed by atoms with Gasteiger partial charge < -0.3 is 14.2 Å². The van der Waals surface area contributed by atoms with E-state index in [1.54, 1.807) is 18.5 Å². The molecule has 0 amide bonds. The molecule has 1 aromatic rings. The maximum Gasteiger partial charge on any atom is 0.279 e. The summed E-state index contributed by atoms with van der Waals surface area (Å²) in [5.74, 6) is 1.89. The van der Waals surface area contributed by atoms with Crippen LogP contribution in [0.1, 0.15) is 38.5 Å². The largest absolute Gasteiger partial charge is 0.493 e. The zero-order valence-electron chi connectivity index (χ0n) is 15.4. The molecule has 1 aliphatic carbocycles. The van der Waals surface area contributed by atoms with Gasteiger partial charge in [0.15, 0.2) is 11.5 Å². The van der Waals surface area contributed by atoms with Gasteiger partial charge in [0.05, 0.1) is 20.3 Å². The molecule has 1 aliphatic heterocycles. The Kier molecular flexibility index (Phi) is 6.26. The Labute approximate surface area is 155 Å². The van der Waals surface area contributed by atoms with Crippen LogP contribution in [0, 0.1) is 0 Å². The van der Waals surface area contributed by atoms with Crippen molar-refractivity contribution in [3.8, 4) is 17.2 Å². The molecule has 2 aliphatic rings. The first-order valence-electron chi connectivity index (χ1n) is 9.18. The van der Waals surface area contributed by atoms with E-state index in [9.17, 15) is 8.42 Å². The Morgan fingerprint density at radius 1 is 1.00 bits per heavy atom. The molecule has 2 fully saturated rings. The summed E-state index contributed by atoms with van der Waals surface area (Å²) in [7, 11) is -0.161. The van der Waals surface area contributed by atoms with Crippen molar-refractivity contribution >= 4 is 10.2 Å². The third-order valence-electron chi connectivity index (χ3n) is 5.06. The van der Waals surface area contributed by atoms with Crippen LogP contribution in [0.5, 0.6) is 17.2 Å². The SMILES string of the molecule is COc1cccc(OC2CCC(NS(=O)(=O)N3CCCC3)CC2)c1OC. The Morgan fingerprint density at radius 3 is 2.27 bits per heavy atom. The van der Waals surface area contributed by atoms with Crippen molar-refractivity contribution in [1.29, 1.82) is 0 Å². The van der Waals surface area contributed by atoms with E-state index in [1.807, 2.05) is 18.2 Å². The van der Waals surface area contributed by atoms with Gasteiger partial charge in [0.1, 0.15) is 0 Å². The summed E-state index contributed by atoms with van der Waals surface area (Å²) in [6.45, 7) is 1.26. The van der Waals surface area contributed by atoms with Crippen LogP contribution in [-0.4, -0.2) is 52.2 Å². The minimum Gasteiger partial charge on any atom is -0.493 e. The van der Waals surface area contributed by atoms with Gasteiger partial charge in [-0.05, 0) is 50.7 Å². The summed E-state index contributed by atoms with van der Waals surface area (Å²) in [6, 6.07) is 5.54. The third kappa shape index (κ3) is 4.42. The molecule has 0 radical (unpaired) electrons. The van der Waals surface area contributed by atoms with Crippen molar-refractivity contribution in [3.63, 3.8) is 0 Å². The molecular weight excluding hydrogens is 356 g/mol. The average Bonchev–Trinajstić information content (AvgIpc) is 3.18. The fourth-order valence-electron chi connectivity index (χ4n) is 3.64. The molecule has 0 bridgehead atoms. The monoisotopic (exact) mass is 384 g/mol. The fourth-order valence-corrected chi connectivity index (χ4v) is 5.19. The number of nitrogens with one attached hydrogen (secondary N) is 1. The highest BCUT2D eigenvalue weighted by molar-refractivity contribution is 7.87. The second-order valence-corrected chi connectivity index (χ2v) is 8.51. The molecule has 7 nitrogen and oxygen atoms in total. The van der Waals surface area contributed by atoms with Crippen LogP contribution in [0.4, 0.5) is 0 Å². The summed E-state index contributed by atoms with van der Waals surface area (Å²) in [5.41, 5.74) is 0. The molecule has 26 heavy (non-hydrogen) atoms. The third-order valence-corrected chi connectivity index (χ3v) is 6.73.